The summed E-state index contributed by atoms with van der Waals surface area (Å²) in [6, 6.07) is 5.41. The molecule has 0 saturated carbocycles. The normalized spacial score (nSPS) is 11.0. The fourth-order valence-electron chi connectivity index (χ4n) is 1.09. The van der Waals surface area contributed by atoms with Crippen molar-refractivity contribution < 1.29 is 13.2 Å². The van der Waals surface area contributed by atoms with Crippen LogP contribution in [-0.2, 0) is 10.0 Å². The van der Waals surface area contributed by atoms with Crippen molar-refractivity contribution in [2.24, 2.45) is 5.14 Å². The number of rotatable bonds is 3. The lowest BCUT2D eigenvalue weighted by Gasteiger charge is -2.15. The minimum atomic E-state index is -3.69. The number of carbonyl (C=O) groups excluding carboxylic acids is 1. The van der Waals surface area contributed by atoms with Gasteiger partial charge in [0.2, 0.25) is 10.0 Å². The zero-order valence-electron chi connectivity index (χ0n) is 9.67. The van der Waals surface area contributed by atoms with Crippen LogP contribution in [0.2, 0.25) is 0 Å². The Morgan fingerprint density at radius 2 is 1.88 bits per heavy atom. The number of hydrogen-bond acceptors (Lipinski definition) is 3. The minimum absolute atomic E-state index is 0.0133. The summed E-state index contributed by atoms with van der Waals surface area (Å²) in [4.78, 5) is 13.0. The Balaban J connectivity index is 2.79. The molecule has 7 heteroatoms. The molecule has 0 aliphatic rings. The highest BCUT2D eigenvalue weighted by Crippen LogP contribution is 2.12. The number of nitrogens with two attached hydrogens (primary N) is 1. The summed E-state index contributed by atoms with van der Waals surface area (Å²) in [5.74, 6) is 0. The number of nitrogens with zero attached hydrogens (tertiary/aromatic N) is 1. The highest BCUT2D eigenvalue weighted by atomic mass is 32.2. The van der Waals surface area contributed by atoms with Crippen molar-refractivity contribution in [1.29, 1.82) is 0 Å². The molecule has 1 aromatic carbocycles. The molecule has 3 N–H and O–H groups in total. The van der Waals surface area contributed by atoms with Gasteiger partial charge in [0, 0.05) is 19.3 Å². The Labute approximate surface area is 100 Å². The third-order valence-electron chi connectivity index (χ3n) is 2.26. The first-order valence-electron chi connectivity index (χ1n) is 4.99. The van der Waals surface area contributed by atoms with Crippen molar-refractivity contribution in [3.63, 3.8) is 0 Å². The zero-order valence-corrected chi connectivity index (χ0v) is 10.5. The maximum atomic E-state index is 11.5. The third kappa shape index (κ3) is 3.72. The fourth-order valence-corrected chi connectivity index (χ4v) is 1.61. The van der Waals surface area contributed by atoms with Gasteiger partial charge in [-0.05, 0) is 31.2 Å². The van der Waals surface area contributed by atoms with E-state index in [4.69, 9.17) is 5.14 Å². The summed E-state index contributed by atoms with van der Waals surface area (Å²) >= 11 is 0. The van der Waals surface area contributed by atoms with E-state index < -0.39 is 10.0 Å². The predicted octanol–water partition coefficient (Wildman–Crippen LogP) is 0.818. The van der Waals surface area contributed by atoms with E-state index in [1.54, 1.807) is 7.05 Å². The number of nitrogens with one attached hydrogen (secondary N) is 1. The lowest BCUT2D eigenvalue weighted by Crippen LogP contribution is -2.30. The van der Waals surface area contributed by atoms with Crippen LogP contribution in [0.3, 0.4) is 0 Å². The zero-order chi connectivity index (χ0) is 13.1. The van der Waals surface area contributed by atoms with Gasteiger partial charge in [0.25, 0.3) is 0 Å². The van der Waals surface area contributed by atoms with Crippen LogP contribution >= 0.6 is 0 Å². The van der Waals surface area contributed by atoms with Crippen LogP contribution in [0.1, 0.15) is 6.92 Å². The van der Waals surface area contributed by atoms with Crippen LogP contribution in [0, 0.1) is 0 Å². The van der Waals surface area contributed by atoms with Gasteiger partial charge in [-0.1, -0.05) is 0 Å². The van der Waals surface area contributed by atoms with Crippen LogP contribution < -0.4 is 10.5 Å². The number of sulfonamides is 1. The Bertz CT molecular complexity index is 496. The first kappa shape index (κ1) is 13.5. The van der Waals surface area contributed by atoms with E-state index >= 15 is 0 Å². The summed E-state index contributed by atoms with van der Waals surface area (Å²) in [5.41, 5.74) is 0.516. The highest BCUT2D eigenvalue weighted by Gasteiger charge is 2.09. The van der Waals surface area contributed by atoms with Crippen molar-refractivity contribution in [2.45, 2.75) is 11.8 Å². The van der Waals surface area contributed by atoms with Gasteiger partial charge < -0.3 is 10.2 Å². The molecule has 0 spiro atoms. The van der Waals surface area contributed by atoms with E-state index in [1.165, 1.54) is 29.2 Å². The summed E-state index contributed by atoms with van der Waals surface area (Å²) in [6.07, 6.45) is 0. The fraction of sp³-hybridized carbons (Fsp3) is 0.300. The number of anilines is 1. The molecule has 6 nitrogen and oxygen atoms in total. The summed E-state index contributed by atoms with van der Waals surface area (Å²) < 4.78 is 22.0. The number of urea groups is 1. The van der Waals surface area contributed by atoms with Gasteiger partial charge in [-0.25, -0.2) is 18.4 Å². The molecule has 0 heterocycles. The summed E-state index contributed by atoms with van der Waals surface area (Å²) in [6.45, 7) is 2.44. The van der Waals surface area contributed by atoms with Gasteiger partial charge in [0.05, 0.1) is 4.90 Å². The third-order valence-corrected chi connectivity index (χ3v) is 3.18. The number of hydrogen-bond donors (Lipinski definition) is 2. The van der Waals surface area contributed by atoms with Crippen molar-refractivity contribution in [1.82, 2.24) is 4.90 Å². The van der Waals surface area contributed by atoms with Gasteiger partial charge in [-0.15, -0.1) is 0 Å². The number of primary sulfonamides is 1. The summed E-state index contributed by atoms with van der Waals surface area (Å²) in [5, 5.41) is 7.58. The molecule has 94 valence electrons. The topological polar surface area (TPSA) is 92.5 Å². The molecule has 1 aromatic rings. The molecular formula is C10H15N3O3S. The van der Waals surface area contributed by atoms with E-state index in [0.717, 1.165) is 0 Å². The van der Waals surface area contributed by atoms with Crippen LogP contribution in [0.25, 0.3) is 0 Å². The molecule has 0 atom stereocenters. The monoisotopic (exact) mass is 257 g/mol. The molecule has 2 amide bonds. The molecule has 1 rings (SSSR count). The second kappa shape index (κ2) is 5.15. The van der Waals surface area contributed by atoms with E-state index in [-0.39, 0.29) is 10.9 Å². The maximum Gasteiger partial charge on any atom is 0.321 e. The van der Waals surface area contributed by atoms with Gasteiger partial charge in [0.1, 0.15) is 0 Å². The Kier molecular flexibility index (Phi) is 4.08. The van der Waals surface area contributed by atoms with Crippen molar-refractivity contribution in [3.8, 4) is 0 Å². The van der Waals surface area contributed by atoms with Gasteiger partial charge in [-0.2, -0.15) is 0 Å². The average molecular weight is 257 g/mol. The number of carbonyl (C=O) groups is 1. The van der Waals surface area contributed by atoms with Gasteiger partial charge in [0.15, 0.2) is 0 Å². The van der Waals surface area contributed by atoms with Crippen molar-refractivity contribution in [2.75, 3.05) is 18.9 Å². The number of benzene rings is 1. The van der Waals surface area contributed by atoms with E-state index in [1.807, 2.05) is 6.92 Å². The first-order chi connectivity index (χ1) is 7.84. The SMILES string of the molecule is CCN(C)C(=O)Nc1ccc(S(N)(=O)=O)cc1. The quantitative estimate of drug-likeness (QED) is 0.839. The predicted molar refractivity (Wildman–Crippen MR) is 65.1 cm³/mol. The largest absolute Gasteiger partial charge is 0.328 e. The van der Waals surface area contributed by atoms with Crippen LogP contribution in [0.4, 0.5) is 10.5 Å². The first-order valence-corrected chi connectivity index (χ1v) is 6.54. The second-order valence-corrected chi connectivity index (χ2v) is 5.08. The molecule has 0 aliphatic heterocycles. The molecule has 0 bridgehead atoms. The standard InChI is InChI=1S/C10H15N3O3S/c1-3-13(2)10(14)12-8-4-6-9(7-5-8)17(11,15)16/h4-7H,3H2,1-2H3,(H,12,14)(H2,11,15,16). The maximum absolute atomic E-state index is 11.5. The van der Waals surface area contributed by atoms with Crippen LogP contribution in [0.15, 0.2) is 29.2 Å². The molecule has 0 fully saturated rings. The molecular weight excluding hydrogens is 242 g/mol. The molecule has 0 radical (unpaired) electrons. The van der Waals surface area contributed by atoms with Crippen molar-refractivity contribution in [3.05, 3.63) is 24.3 Å². The van der Waals surface area contributed by atoms with Crippen LogP contribution in [0.5, 0.6) is 0 Å². The lowest BCUT2D eigenvalue weighted by molar-refractivity contribution is 0.224. The van der Waals surface area contributed by atoms with E-state index in [9.17, 15) is 13.2 Å². The molecule has 0 unspecified atom stereocenters. The smallest absolute Gasteiger partial charge is 0.321 e. The van der Waals surface area contributed by atoms with E-state index in [2.05, 4.69) is 5.32 Å². The molecule has 0 saturated heterocycles. The van der Waals surface area contributed by atoms with Gasteiger partial charge in [-0.3, -0.25) is 0 Å². The Morgan fingerprint density at radius 1 is 1.35 bits per heavy atom. The van der Waals surface area contributed by atoms with E-state index in [0.29, 0.717) is 12.2 Å². The van der Waals surface area contributed by atoms with Gasteiger partial charge >= 0.3 is 6.03 Å². The molecule has 17 heavy (non-hydrogen) atoms. The Morgan fingerprint density at radius 3 is 2.29 bits per heavy atom. The number of amides is 2. The second-order valence-electron chi connectivity index (χ2n) is 3.51. The molecule has 0 aromatic heterocycles. The molecule has 0 aliphatic carbocycles. The van der Waals surface area contributed by atoms with Crippen LogP contribution in [-0.4, -0.2) is 32.9 Å². The summed E-state index contributed by atoms with van der Waals surface area (Å²) in [7, 11) is -2.03. The minimum Gasteiger partial charge on any atom is -0.328 e. The lowest BCUT2D eigenvalue weighted by atomic mass is 10.3. The average Bonchev–Trinajstić information content (AvgIpc) is 2.27. The van der Waals surface area contributed by atoms with Crippen molar-refractivity contribution >= 4 is 21.7 Å². The Hall–Kier alpha value is -1.60. The highest BCUT2D eigenvalue weighted by molar-refractivity contribution is 7.89.